The Kier molecular flexibility index (Phi) is 8.40. The van der Waals surface area contributed by atoms with Crippen LogP contribution >= 0.6 is 11.8 Å². The van der Waals surface area contributed by atoms with Gasteiger partial charge in [-0.3, -0.25) is 0 Å². The first-order chi connectivity index (χ1) is 17.1. The molecule has 0 unspecified atom stereocenters. The summed E-state index contributed by atoms with van der Waals surface area (Å²) in [5, 5.41) is -0.415. The molecule has 35 heavy (non-hydrogen) atoms. The number of hydrogen-bond donors (Lipinski definition) is 0. The highest BCUT2D eigenvalue weighted by atomic mass is 32.2. The van der Waals surface area contributed by atoms with Crippen molar-refractivity contribution in [3.8, 4) is 0 Å². The van der Waals surface area contributed by atoms with Crippen LogP contribution in [0, 0.1) is 0 Å². The molecule has 180 valence electrons. The number of benzene rings is 3. The maximum Gasteiger partial charge on any atom is 0.509 e. The van der Waals surface area contributed by atoms with Crippen LogP contribution in [-0.2, 0) is 25.6 Å². The minimum atomic E-state index is -0.859. The Balaban J connectivity index is 1.40. The summed E-state index contributed by atoms with van der Waals surface area (Å²) in [7, 11) is 0. The zero-order valence-corrected chi connectivity index (χ0v) is 19.6. The first kappa shape index (κ1) is 24.3. The van der Waals surface area contributed by atoms with Crippen molar-refractivity contribution in [1.82, 2.24) is 0 Å². The van der Waals surface area contributed by atoms with Gasteiger partial charge in [0.15, 0.2) is 12.2 Å². The molecule has 0 aromatic heterocycles. The molecule has 7 nitrogen and oxygen atoms in total. The maximum absolute atomic E-state index is 12.7. The molecule has 4 rings (SSSR count). The average molecular weight is 493 g/mol. The smallest absolute Gasteiger partial charge is 0.461 e. The van der Waals surface area contributed by atoms with Gasteiger partial charge in [-0.1, -0.05) is 66.7 Å². The van der Waals surface area contributed by atoms with Crippen LogP contribution in [0.2, 0.25) is 0 Å². The van der Waals surface area contributed by atoms with E-state index in [1.54, 1.807) is 54.6 Å². The molecule has 0 aliphatic carbocycles. The topological polar surface area (TPSA) is 88.1 Å². The molecule has 8 heteroatoms. The summed E-state index contributed by atoms with van der Waals surface area (Å²) in [6.07, 6.45) is -2.43. The largest absolute Gasteiger partial charge is 0.509 e. The second-order valence-corrected chi connectivity index (χ2v) is 9.02. The van der Waals surface area contributed by atoms with E-state index in [1.165, 1.54) is 11.8 Å². The summed E-state index contributed by atoms with van der Waals surface area (Å²) in [5.41, 5.74) is 1.61. The van der Waals surface area contributed by atoms with Gasteiger partial charge >= 0.3 is 18.1 Å². The Morgan fingerprint density at radius 3 is 1.91 bits per heavy atom. The SMILES string of the molecule is O=C(OCc1ccccc1)O[C@@H]1CS[C@@H](COC(=O)c2ccccc2)[C@@H]1OC(=O)c1ccccc1. The second-order valence-electron chi connectivity index (χ2n) is 7.75. The Morgan fingerprint density at radius 2 is 1.29 bits per heavy atom. The maximum atomic E-state index is 12.7. The van der Waals surface area contributed by atoms with Gasteiger partial charge in [0.05, 0.1) is 16.4 Å². The van der Waals surface area contributed by atoms with Crippen LogP contribution in [0.5, 0.6) is 0 Å². The minimum absolute atomic E-state index is 0.00987. The Labute approximate surface area is 207 Å². The normalized spacial score (nSPS) is 18.9. The van der Waals surface area contributed by atoms with Gasteiger partial charge in [0.1, 0.15) is 13.2 Å². The summed E-state index contributed by atoms with van der Waals surface area (Å²) >= 11 is 1.40. The molecular formula is C27H24O7S. The molecular weight excluding hydrogens is 468 g/mol. The van der Waals surface area contributed by atoms with Crippen LogP contribution in [0.1, 0.15) is 26.3 Å². The molecule has 1 aliphatic heterocycles. The van der Waals surface area contributed by atoms with E-state index in [0.29, 0.717) is 16.9 Å². The van der Waals surface area contributed by atoms with Gasteiger partial charge < -0.3 is 18.9 Å². The summed E-state index contributed by atoms with van der Waals surface area (Å²) in [4.78, 5) is 37.5. The Bertz CT molecular complexity index is 1120. The van der Waals surface area contributed by atoms with Crippen molar-refractivity contribution in [2.24, 2.45) is 0 Å². The molecule has 0 saturated carbocycles. The van der Waals surface area contributed by atoms with E-state index in [1.807, 2.05) is 36.4 Å². The fourth-order valence-corrected chi connectivity index (χ4v) is 4.78. The molecule has 0 amide bonds. The number of rotatable bonds is 8. The van der Waals surface area contributed by atoms with Crippen molar-refractivity contribution in [3.05, 3.63) is 108 Å². The average Bonchev–Trinajstić information content (AvgIpc) is 3.28. The van der Waals surface area contributed by atoms with Crippen LogP contribution in [0.4, 0.5) is 4.79 Å². The lowest BCUT2D eigenvalue weighted by Crippen LogP contribution is -2.40. The highest BCUT2D eigenvalue weighted by Gasteiger charge is 2.43. The Hall–Kier alpha value is -3.78. The number of ether oxygens (including phenoxy) is 4. The lowest BCUT2D eigenvalue weighted by atomic mass is 10.1. The Morgan fingerprint density at radius 1 is 0.714 bits per heavy atom. The molecule has 0 N–H and O–H groups in total. The van der Waals surface area contributed by atoms with E-state index in [2.05, 4.69) is 0 Å². The molecule has 1 aliphatic rings. The van der Waals surface area contributed by atoms with Crippen molar-refractivity contribution < 1.29 is 33.3 Å². The third kappa shape index (κ3) is 6.86. The lowest BCUT2D eigenvalue weighted by Gasteiger charge is -2.24. The number of thioether (sulfide) groups is 1. The van der Waals surface area contributed by atoms with Crippen molar-refractivity contribution in [2.75, 3.05) is 12.4 Å². The van der Waals surface area contributed by atoms with Crippen molar-refractivity contribution in [2.45, 2.75) is 24.1 Å². The van der Waals surface area contributed by atoms with Crippen LogP contribution < -0.4 is 0 Å². The minimum Gasteiger partial charge on any atom is -0.461 e. The monoisotopic (exact) mass is 492 g/mol. The van der Waals surface area contributed by atoms with Gasteiger partial charge in [-0.2, -0.15) is 0 Å². The predicted octanol–water partition coefficient (Wildman–Crippen LogP) is 4.91. The lowest BCUT2D eigenvalue weighted by molar-refractivity contribution is -0.0400. The summed E-state index contributed by atoms with van der Waals surface area (Å²) < 4.78 is 21.9. The zero-order valence-electron chi connectivity index (χ0n) is 18.8. The van der Waals surface area contributed by atoms with E-state index in [-0.39, 0.29) is 13.2 Å². The zero-order chi connectivity index (χ0) is 24.5. The van der Waals surface area contributed by atoms with Gasteiger partial charge in [0.2, 0.25) is 0 Å². The predicted molar refractivity (Wildman–Crippen MR) is 130 cm³/mol. The first-order valence-electron chi connectivity index (χ1n) is 11.1. The van der Waals surface area contributed by atoms with E-state index >= 15 is 0 Å². The van der Waals surface area contributed by atoms with Crippen LogP contribution in [0.25, 0.3) is 0 Å². The van der Waals surface area contributed by atoms with Crippen LogP contribution in [0.3, 0.4) is 0 Å². The summed E-state index contributed by atoms with van der Waals surface area (Å²) in [5.74, 6) is -0.671. The molecule has 3 aromatic carbocycles. The third-order valence-electron chi connectivity index (χ3n) is 5.30. The number of esters is 2. The van der Waals surface area contributed by atoms with Gasteiger partial charge in [0.25, 0.3) is 0 Å². The van der Waals surface area contributed by atoms with Gasteiger partial charge in [0, 0.05) is 5.75 Å². The summed E-state index contributed by atoms with van der Waals surface area (Å²) in [6.45, 7) is 0.0518. The van der Waals surface area contributed by atoms with Crippen LogP contribution in [-0.4, -0.2) is 47.9 Å². The van der Waals surface area contributed by atoms with E-state index in [4.69, 9.17) is 18.9 Å². The van der Waals surface area contributed by atoms with Crippen LogP contribution in [0.15, 0.2) is 91.0 Å². The summed E-state index contributed by atoms with van der Waals surface area (Å²) in [6, 6.07) is 26.4. The molecule has 1 saturated heterocycles. The molecule has 1 fully saturated rings. The molecule has 1 heterocycles. The van der Waals surface area contributed by atoms with Crippen molar-refractivity contribution >= 4 is 29.9 Å². The standard InChI is InChI=1S/C27H24O7S/c28-25(20-12-6-2-7-13-20)31-17-23-24(34-26(29)21-14-8-3-9-15-21)22(18-35-23)33-27(30)32-16-19-10-4-1-5-11-19/h1-15,22-24H,16-18H2/t22-,23+,24-/m1/s1. The quantitative estimate of drug-likeness (QED) is 0.324. The molecule has 0 spiro atoms. The van der Waals surface area contributed by atoms with E-state index in [0.717, 1.165) is 5.56 Å². The fourth-order valence-electron chi connectivity index (χ4n) is 3.50. The molecule has 0 radical (unpaired) electrons. The molecule has 0 bridgehead atoms. The van der Waals surface area contributed by atoms with E-state index in [9.17, 15) is 14.4 Å². The molecule has 3 aromatic rings. The third-order valence-corrected chi connectivity index (χ3v) is 6.65. The van der Waals surface area contributed by atoms with Gasteiger partial charge in [-0.05, 0) is 29.8 Å². The molecule has 3 atom stereocenters. The number of carbonyl (C=O) groups is 3. The number of hydrogen-bond acceptors (Lipinski definition) is 8. The van der Waals surface area contributed by atoms with Crippen molar-refractivity contribution in [3.63, 3.8) is 0 Å². The fraction of sp³-hybridized carbons (Fsp3) is 0.222. The van der Waals surface area contributed by atoms with Gasteiger partial charge in [-0.15, -0.1) is 11.8 Å². The first-order valence-corrected chi connectivity index (χ1v) is 12.1. The number of carbonyl (C=O) groups excluding carboxylic acids is 3. The highest BCUT2D eigenvalue weighted by Crippen LogP contribution is 2.33. The second kappa shape index (κ2) is 12.1. The van der Waals surface area contributed by atoms with E-state index < -0.39 is 35.6 Å². The highest BCUT2D eigenvalue weighted by molar-refractivity contribution is 8.00. The van der Waals surface area contributed by atoms with Crippen molar-refractivity contribution in [1.29, 1.82) is 0 Å². The van der Waals surface area contributed by atoms with Gasteiger partial charge in [-0.25, -0.2) is 14.4 Å².